The summed E-state index contributed by atoms with van der Waals surface area (Å²) in [4.78, 5) is 10.8. The van der Waals surface area contributed by atoms with Crippen molar-refractivity contribution in [2.45, 2.75) is 33.1 Å². The summed E-state index contributed by atoms with van der Waals surface area (Å²) < 4.78 is 12.7. The summed E-state index contributed by atoms with van der Waals surface area (Å²) in [7, 11) is 0. The minimum absolute atomic E-state index is 0.0233. The summed E-state index contributed by atoms with van der Waals surface area (Å²) in [6.07, 6.45) is 0. The Morgan fingerprint density at radius 1 is 1.41 bits per heavy atom. The molecule has 0 aromatic heterocycles. The second-order valence-corrected chi connectivity index (χ2v) is 5.12. The molecule has 0 bridgehead atoms. The van der Waals surface area contributed by atoms with Crippen molar-refractivity contribution in [1.82, 2.24) is 0 Å². The molecular formula is C13H17FNO2. The van der Waals surface area contributed by atoms with E-state index in [2.05, 4.69) is 0 Å². The molecule has 0 spiro atoms. The Kier molecular flexibility index (Phi) is 3.86. The molecule has 0 aliphatic heterocycles. The summed E-state index contributed by atoms with van der Waals surface area (Å²) >= 11 is 0. The van der Waals surface area contributed by atoms with E-state index in [1.807, 2.05) is 20.8 Å². The van der Waals surface area contributed by atoms with Crippen molar-refractivity contribution in [1.29, 1.82) is 0 Å². The maximum atomic E-state index is 12.7. The van der Waals surface area contributed by atoms with Gasteiger partial charge in [0.25, 0.3) is 5.69 Å². The Morgan fingerprint density at radius 3 is 2.41 bits per heavy atom. The Balaban J connectivity index is 3.48. The normalized spacial score (nSPS) is 11.9. The quantitative estimate of drug-likeness (QED) is 0.593. The molecule has 0 amide bonds. The predicted octanol–water partition coefficient (Wildman–Crippen LogP) is 3.80. The van der Waals surface area contributed by atoms with Crippen LogP contribution in [0.4, 0.5) is 10.1 Å². The van der Waals surface area contributed by atoms with Gasteiger partial charge in [-0.25, -0.2) is 0 Å². The molecule has 4 heteroatoms. The van der Waals surface area contributed by atoms with Gasteiger partial charge in [0.1, 0.15) is 0 Å². The second kappa shape index (κ2) is 4.82. The first-order valence-corrected chi connectivity index (χ1v) is 5.45. The van der Waals surface area contributed by atoms with Crippen LogP contribution in [-0.2, 0) is 5.41 Å². The number of nitrogens with zero attached hydrogens (tertiary/aromatic N) is 1. The summed E-state index contributed by atoms with van der Waals surface area (Å²) in [6, 6.07) is 5.07. The molecule has 0 aliphatic carbocycles. The lowest BCUT2D eigenvalue weighted by atomic mass is 9.83. The largest absolute Gasteiger partial charge is 0.276 e. The summed E-state index contributed by atoms with van der Waals surface area (Å²) in [5, 5.41) is 11.2. The van der Waals surface area contributed by atoms with E-state index in [1.54, 1.807) is 25.1 Å². The van der Waals surface area contributed by atoms with Gasteiger partial charge in [0, 0.05) is 17.0 Å². The van der Waals surface area contributed by atoms with E-state index >= 15 is 0 Å². The molecule has 17 heavy (non-hydrogen) atoms. The van der Waals surface area contributed by atoms with Crippen LogP contribution in [-0.4, -0.2) is 11.6 Å². The number of nitro groups is 1. The zero-order valence-electron chi connectivity index (χ0n) is 10.6. The average molecular weight is 238 g/mol. The van der Waals surface area contributed by atoms with E-state index in [4.69, 9.17) is 0 Å². The number of hydrogen-bond acceptors (Lipinski definition) is 2. The summed E-state index contributed by atoms with van der Waals surface area (Å²) in [6.45, 7) is 6.63. The van der Waals surface area contributed by atoms with Crippen LogP contribution in [0.15, 0.2) is 18.2 Å². The van der Waals surface area contributed by atoms with Crippen molar-refractivity contribution in [3.05, 3.63) is 45.4 Å². The number of rotatable bonds is 3. The van der Waals surface area contributed by atoms with Gasteiger partial charge >= 0.3 is 0 Å². The van der Waals surface area contributed by atoms with Crippen molar-refractivity contribution >= 4 is 5.69 Å². The number of halogens is 1. The molecule has 1 rings (SSSR count). The topological polar surface area (TPSA) is 43.1 Å². The molecule has 0 fully saturated rings. The van der Waals surface area contributed by atoms with Crippen molar-refractivity contribution in [2.75, 3.05) is 6.67 Å². The van der Waals surface area contributed by atoms with Crippen LogP contribution in [0.3, 0.4) is 0 Å². The third-order valence-corrected chi connectivity index (χ3v) is 2.69. The van der Waals surface area contributed by atoms with Gasteiger partial charge in [0.15, 0.2) is 0 Å². The van der Waals surface area contributed by atoms with Crippen molar-refractivity contribution in [3.8, 4) is 0 Å². The predicted molar refractivity (Wildman–Crippen MR) is 65.8 cm³/mol. The minimum atomic E-state index is -0.672. The lowest BCUT2D eigenvalue weighted by Crippen LogP contribution is -2.16. The molecule has 0 saturated heterocycles. The van der Waals surface area contributed by atoms with E-state index in [9.17, 15) is 14.5 Å². The van der Waals surface area contributed by atoms with Crippen molar-refractivity contribution in [2.24, 2.45) is 0 Å². The van der Waals surface area contributed by atoms with Crippen LogP contribution in [0.2, 0.25) is 0 Å². The van der Waals surface area contributed by atoms with Crippen LogP contribution in [0.1, 0.15) is 38.8 Å². The van der Waals surface area contributed by atoms with Gasteiger partial charge in [-0.2, -0.15) is 0 Å². The van der Waals surface area contributed by atoms with Gasteiger partial charge in [0.2, 0.25) is 0 Å². The first kappa shape index (κ1) is 13.6. The number of hydrogen-bond donors (Lipinski definition) is 0. The van der Waals surface area contributed by atoms with Gasteiger partial charge in [0.05, 0.1) is 11.6 Å². The Labute approximate surface area is 101 Å². The fourth-order valence-corrected chi connectivity index (χ4v) is 1.76. The molecular weight excluding hydrogens is 221 g/mol. The van der Waals surface area contributed by atoms with E-state index in [-0.39, 0.29) is 11.1 Å². The molecule has 1 aromatic rings. The lowest BCUT2D eigenvalue weighted by Gasteiger charge is -2.21. The van der Waals surface area contributed by atoms with Crippen LogP contribution in [0.5, 0.6) is 0 Å². The molecule has 0 heterocycles. The van der Waals surface area contributed by atoms with Gasteiger partial charge in [-0.3, -0.25) is 14.5 Å². The first-order valence-electron chi connectivity index (χ1n) is 5.45. The highest BCUT2D eigenvalue weighted by Gasteiger charge is 2.29. The minimum Gasteiger partial charge on any atom is -0.258 e. The highest BCUT2D eigenvalue weighted by Crippen LogP contribution is 2.36. The lowest BCUT2D eigenvalue weighted by molar-refractivity contribution is -0.386. The Hall–Kier alpha value is -1.45. The van der Waals surface area contributed by atoms with Gasteiger partial charge in [-0.15, -0.1) is 0 Å². The molecule has 3 nitrogen and oxygen atoms in total. The first-order chi connectivity index (χ1) is 7.79. The molecule has 1 radical (unpaired) electrons. The highest BCUT2D eigenvalue weighted by atomic mass is 19.1. The molecule has 0 aliphatic rings. The van der Waals surface area contributed by atoms with Crippen molar-refractivity contribution in [3.63, 3.8) is 0 Å². The standard InChI is InChI=1S/C13H17FNO2/c1-9(8-14)10-6-5-7-11(13(2,3)4)12(10)15(16)17/h5-7H,8H2,1-4H3. The van der Waals surface area contributed by atoms with Crippen molar-refractivity contribution < 1.29 is 9.31 Å². The number of benzene rings is 1. The number of para-hydroxylation sites is 1. The molecule has 93 valence electrons. The zero-order valence-corrected chi connectivity index (χ0v) is 10.6. The van der Waals surface area contributed by atoms with E-state index < -0.39 is 11.6 Å². The highest BCUT2D eigenvalue weighted by molar-refractivity contribution is 5.56. The third-order valence-electron chi connectivity index (χ3n) is 2.69. The average Bonchev–Trinajstić information content (AvgIpc) is 2.25. The third kappa shape index (κ3) is 2.81. The molecule has 1 aromatic carbocycles. The SMILES string of the molecule is C[C](CF)c1cccc(C(C)(C)C)c1[N+](=O)[O-]. The summed E-state index contributed by atoms with van der Waals surface area (Å²) in [5.41, 5.74) is 0.711. The van der Waals surface area contributed by atoms with Crippen LogP contribution in [0, 0.1) is 16.0 Å². The second-order valence-electron chi connectivity index (χ2n) is 5.12. The Morgan fingerprint density at radius 2 is 2.00 bits per heavy atom. The fraction of sp³-hybridized carbons (Fsp3) is 0.462. The molecule has 0 saturated carbocycles. The number of nitro benzene ring substituents is 1. The monoisotopic (exact) mass is 238 g/mol. The molecule has 0 unspecified atom stereocenters. The summed E-state index contributed by atoms with van der Waals surface area (Å²) in [5.74, 6) is 0.391. The van der Waals surface area contributed by atoms with Gasteiger partial charge in [-0.05, 0) is 5.41 Å². The maximum Gasteiger partial charge on any atom is 0.276 e. The zero-order chi connectivity index (χ0) is 13.2. The van der Waals surface area contributed by atoms with Crippen LogP contribution in [0.25, 0.3) is 0 Å². The van der Waals surface area contributed by atoms with Crippen LogP contribution < -0.4 is 0 Å². The van der Waals surface area contributed by atoms with E-state index in [0.717, 1.165) is 0 Å². The molecule has 0 atom stereocenters. The van der Waals surface area contributed by atoms with Crippen LogP contribution >= 0.6 is 0 Å². The number of alkyl halides is 1. The smallest absolute Gasteiger partial charge is 0.258 e. The van der Waals surface area contributed by atoms with E-state index in [1.165, 1.54) is 0 Å². The van der Waals surface area contributed by atoms with E-state index in [0.29, 0.717) is 17.0 Å². The van der Waals surface area contributed by atoms with Gasteiger partial charge in [-0.1, -0.05) is 45.9 Å². The maximum absolute atomic E-state index is 12.7. The van der Waals surface area contributed by atoms with Gasteiger partial charge < -0.3 is 0 Å². The molecule has 0 N–H and O–H groups in total. The fourth-order valence-electron chi connectivity index (χ4n) is 1.76. The Bertz CT molecular complexity index is 424.